The van der Waals surface area contributed by atoms with Gasteiger partial charge < -0.3 is 4.90 Å². The van der Waals surface area contributed by atoms with Gasteiger partial charge in [-0.3, -0.25) is 0 Å². The lowest BCUT2D eigenvalue weighted by atomic mass is 10.1. The maximum atomic E-state index is 2.29. The van der Waals surface area contributed by atoms with E-state index in [-0.39, 0.29) is 0 Å². The fourth-order valence-corrected chi connectivity index (χ4v) is 1.87. The maximum Gasteiger partial charge on any atom is 0.0420 e. The van der Waals surface area contributed by atoms with Gasteiger partial charge >= 0.3 is 0 Å². The third kappa shape index (κ3) is 6.83. The molecule has 0 bridgehead atoms. The Morgan fingerprint density at radius 1 is 1.06 bits per heavy atom. The smallest absolute Gasteiger partial charge is 0.0420 e. The molecule has 0 aliphatic carbocycles. The van der Waals surface area contributed by atoms with Crippen molar-refractivity contribution in [1.82, 2.24) is 4.90 Å². The van der Waals surface area contributed by atoms with Crippen molar-refractivity contribution in [3.05, 3.63) is 48.2 Å². The van der Waals surface area contributed by atoms with E-state index in [1.165, 1.54) is 37.7 Å². The molecule has 1 nitrogen and oxygen atoms in total. The van der Waals surface area contributed by atoms with Gasteiger partial charge in [0, 0.05) is 13.6 Å². The Labute approximate surface area is 106 Å². The molecule has 1 aromatic rings. The van der Waals surface area contributed by atoms with Gasteiger partial charge in [0.15, 0.2) is 0 Å². The summed E-state index contributed by atoms with van der Waals surface area (Å²) in [4.78, 5) is 2.25. The van der Waals surface area contributed by atoms with Gasteiger partial charge in [-0.2, -0.15) is 0 Å². The largest absolute Gasteiger partial charge is 0.376 e. The van der Waals surface area contributed by atoms with Crippen molar-refractivity contribution in [2.24, 2.45) is 0 Å². The zero-order chi connectivity index (χ0) is 12.3. The molecule has 0 aliphatic heterocycles. The van der Waals surface area contributed by atoms with Crippen molar-refractivity contribution in [2.45, 2.75) is 45.6 Å². The van der Waals surface area contributed by atoms with E-state index in [2.05, 4.69) is 61.5 Å². The van der Waals surface area contributed by atoms with Crippen LogP contribution in [0.1, 0.15) is 44.6 Å². The van der Waals surface area contributed by atoms with Crippen LogP contribution in [0.2, 0.25) is 0 Å². The van der Waals surface area contributed by atoms with Gasteiger partial charge in [-0.1, -0.05) is 62.6 Å². The van der Waals surface area contributed by atoms with Gasteiger partial charge in [0.05, 0.1) is 0 Å². The summed E-state index contributed by atoms with van der Waals surface area (Å²) in [6.07, 6.45) is 11.1. The Bertz CT molecular complexity index is 303. The number of nitrogens with zero attached hydrogens (tertiary/aromatic N) is 1. The lowest BCUT2D eigenvalue weighted by molar-refractivity contribution is 0.448. The van der Waals surface area contributed by atoms with Crippen molar-refractivity contribution in [1.29, 1.82) is 0 Å². The molecular weight excluding hydrogens is 206 g/mol. The lowest BCUT2D eigenvalue weighted by Gasteiger charge is -2.13. The maximum absolute atomic E-state index is 2.29. The highest BCUT2D eigenvalue weighted by atomic mass is 15.1. The molecule has 17 heavy (non-hydrogen) atoms. The van der Waals surface area contributed by atoms with Crippen LogP contribution in [0.25, 0.3) is 0 Å². The van der Waals surface area contributed by atoms with Crippen molar-refractivity contribution < 1.29 is 0 Å². The second-order valence-electron chi connectivity index (χ2n) is 4.63. The predicted molar refractivity (Wildman–Crippen MR) is 75.8 cm³/mol. The zero-order valence-corrected chi connectivity index (χ0v) is 11.2. The van der Waals surface area contributed by atoms with Crippen LogP contribution in [-0.2, 0) is 6.54 Å². The highest BCUT2D eigenvalue weighted by molar-refractivity contribution is 5.14. The van der Waals surface area contributed by atoms with Crippen molar-refractivity contribution in [2.75, 3.05) is 7.05 Å². The second kappa shape index (κ2) is 8.86. The van der Waals surface area contributed by atoms with Gasteiger partial charge in [0.1, 0.15) is 0 Å². The molecule has 0 unspecified atom stereocenters. The third-order valence-corrected chi connectivity index (χ3v) is 2.86. The Morgan fingerprint density at radius 2 is 1.82 bits per heavy atom. The zero-order valence-electron chi connectivity index (χ0n) is 11.2. The quantitative estimate of drug-likeness (QED) is 0.591. The van der Waals surface area contributed by atoms with Crippen LogP contribution in [0, 0.1) is 0 Å². The summed E-state index contributed by atoms with van der Waals surface area (Å²) in [6.45, 7) is 3.25. The molecule has 0 saturated carbocycles. The van der Waals surface area contributed by atoms with E-state index >= 15 is 0 Å². The summed E-state index contributed by atoms with van der Waals surface area (Å²) < 4.78 is 0. The summed E-state index contributed by atoms with van der Waals surface area (Å²) in [5.74, 6) is 0. The SMILES string of the molecule is CCCCCC/C=C/N(C)Cc1ccccc1. The van der Waals surface area contributed by atoms with E-state index in [0.717, 1.165) is 6.54 Å². The highest BCUT2D eigenvalue weighted by Crippen LogP contribution is 2.05. The molecule has 0 atom stereocenters. The van der Waals surface area contributed by atoms with E-state index in [9.17, 15) is 0 Å². The minimum Gasteiger partial charge on any atom is -0.376 e. The Kier molecular flexibility index (Phi) is 7.20. The molecule has 0 aromatic heterocycles. The second-order valence-corrected chi connectivity index (χ2v) is 4.63. The molecule has 1 rings (SSSR count). The number of allylic oxidation sites excluding steroid dienone is 1. The van der Waals surface area contributed by atoms with E-state index in [1.807, 2.05) is 0 Å². The highest BCUT2D eigenvalue weighted by Gasteiger charge is 1.93. The molecule has 0 amide bonds. The number of unbranched alkanes of at least 4 members (excludes halogenated alkanes) is 4. The minimum atomic E-state index is 0.992. The minimum absolute atomic E-state index is 0.992. The van der Waals surface area contributed by atoms with Crippen LogP contribution in [0.5, 0.6) is 0 Å². The summed E-state index contributed by atoms with van der Waals surface area (Å²) in [7, 11) is 2.13. The Balaban J connectivity index is 2.16. The third-order valence-electron chi connectivity index (χ3n) is 2.86. The van der Waals surface area contributed by atoms with Crippen molar-refractivity contribution in [3.63, 3.8) is 0 Å². The van der Waals surface area contributed by atoms with Crippen LogP contribution in [0.4, 0.5) is 0 Å². The molecule has 94 valence electrons. The number of rotatable bonds is 8. The standard InChI is InChI=1S/C16H25N/c1-3-4-5-6-7-11-14-17(2)15-16-12-9-8-10-13-16/h8-14H,3-7,15H2,1-2H3/b14-11+. The number of hydrogen-bond acceptors (Lipinski definition) is 1. The summed E-state index contributed by atoms with van der Waals surface area (Å²) in [6, 6.07) is 10.6. The number of hydrogen-bond donors (Lipinski definition) is 0. The molecule has 1 aromatic carbocycles. The van der Waals surface area contributed by atoms with Crippen LogP contribution < -0.4 is 0 Å². The lowest BCUT2D eigenvalue weighted by Crippen LogP contribution is -2.09. The fourth-order valence-electron chi connectivity index (χ4n) is 1.87. The van der Waals surface area contributed by atoms with Crippen molar-refractivity contribution >= 4 is 0 Å². The van der Waals surface area contributed by atoms with Gasteiger partial charge in [-0.05, 0) is 24.6 Å². The van der Waals surface area contributed by atoms with Crippen molar-refractivity contribution in [3.8, 4) is 0 Å². The monoisotopic (exact) mass is 231 g/mol. The van der Waals surface area contributed by atoms with Gasteiger partial charge in [-0.15, -0.1) is 0 Å². The summed E-state index contributed by atoms with van der Waals surface area (Å²) >= 11 is 0. The number of benzene rings is 1. The molecule has 1 heteroatoms. The Hall–Kier alpha value is -1.24. The van der Waals surface area contributed by atoms with Crippen LogP contribution >= 0.6 is 0 Å². The van der Waals surface area contributed by atoms with E-state index in [0.29, 0.717) is 0 Å². The Morgan fingerprint density at radius 3 is 2.53 bits per heavy atom. The van der Waals surface area contributed by atoms with Crippen LogP contribution in [0.15, 0.2) is 42.6 Å². The molecule has 0 fully saturated rings. The normalized spacial score (nSPS) is 10.9. The first-order valence-corrected chi connectivity index (χ1v) is 6.73. The molecule has 0 spiro atoms. The summed E-state index contributed by atoms with van der Waals surface area (Å²) in [5.41, 5.74) is 1.37. The topological polar surface area (TPSA) is 3.24 Å². The average Bonchev–Trinajstić information content (AvgIpc) is 2.35. The molecular formula is C16H25N. The van der Waals surface area contributed by atoms with Gasteiger partial charge in [0.2, 0.25) is 0 Å². The van der Waals surface area contributed by atoms with Crippen LogP contribution in [-0.4, -0.2) is 11.9 Å². The predicted octanol–water partition coefficient (Wildman–Crippen LogP) is 4.60. The van der Waals surface area contributed by atoms with E-state index < -0.39 is 0 Å². The molecule has 0 heterocycles. The first-order valence-electron chi connectivity index (χ1n) is 6.73. The van der Waals surface area contributed by atoms with Crippen LogP contribution in [0.3, 0.4) is 0 Å². The fraction of sp³-hybridized carbons (Fsp3) is 0.500. The van der Waals surface area contributed by atoms with Gasteiger partial charge in [-0.25, -0.2) is 0 Å². The molecule has 0 N–H and O–H groups in total. The van der Waals surface area contributed by atoms with E-state index in [1.54, 1.807) is 0 Å². The molecule has 0 saturated heterocycles. The average molecular weight is 231 g/mol. The first-order chi connectivity index (χ1) is 8.33. The first kappa shape index (κ1) is 13.8. The molecule has 0 radical (unpaired) electrons. The van der Waals surface area contributed by atoms with Gasteiger partial charge in [0.25, 0.3) is 0 Å². The van der Waals surface area contributed by atoms with E-state index in [4.69, 9.17) is 0 Å². The summed E-state index contributed by atoms with van der Waals surface area (Å²) in [5, 5.41) is 0. The molecule has 0 aliphatic rings.